The largest absolute Gasteiger partial charge is 0.340 e. The number of carbonyl (C=O) groups is 2. The van der Waals surface area contributed by atoms with E-state index in [1.165, 1.54) is 30.3 Å². The number of amides is 2. The van der Waals surface area contributed by atoms with Crippen LogP contribution in [0.4, 0.5) is 10.1 Å². The normalized spacial score (nSPS) is 11.7. The molecule has 1 unspecified atom stereocenters. The average molecular weight is 415 g/mol. The molecule has 2 rings (SSSR count). The fourth-order valence-corrected chi connectivity index (χ4v) is 3.18. The van der Waals surface area contributed by atoms with Gasteiger partial charge in [0.05, 0.1) is 10.6 Å². The number of benzene rings is 2. The minimum atomic E-state index is -0.787. The molecule has 0 aliphatic heterocycles. The highest BCUT2D eigenvalue weighted by Gasteiger charge is 2.22. The summed E-state index contributed by atoms with van der Waals surface area (Å²) in [5, 5.41) is 5.90. The van der Waals surface area contributed by atoms with Crippen molar-refractivity contribution in [2.24, 2.45) is 0 Å². The van der Waals surface area contributed by atoms with Gasteiger partial charge in [0.15, 0.2) is 0 Å². The summed E-state index contributed by atoms with van der Waals surface area (Å²) in [5.74, 6) is -0.703. The second-order valence-electron chi connectivity index (χ2n) is 5.43. The first-order chi connectivity index (χ1) is 12.4. The molecule has 0 aliphatic rings. The Morgan fingerprint density at radius 1 is 1.19 bits per heavy atom. The second-order valence-corrected chi connectivity index (χ2v) is 7.26. The van der Waals surface area contributed by atoms with Gasteiger partial charge in [-0.25, -0.2) is 4.39 Å². The van der Waals surface area contributed by atoms with Gasteiger partial charge in [-0.3, -0.25) is 9.59 Å². The molecule has 0 fully saturated rings. The third-order valence-electron chi connectivity index (χ3n) is 3.50. The minimum Gasteiger partial charge on any atom is -0.340 e. The van der Waals surface area contributed by atoms with Gasteiger partial charge in [0, 0.05) is 10.7 Å². The van der Waals surface area contributed by atoms with Crippen LogP contribution >= 0.6 is 35.0 Å². The molecule has 0 radical (unpaired) electrons. The van der Waals surface area contributed by atoms with E-state index in [0.29, 0.717) is 22.9 Å². The minimum absolute atomic E-state index is 0.198. The number of halogens is 3. The van der Waals surface area contributed by atoms with Crippen molar-refractivity contribution in [3.8, 4) is 0 Å². The Hall–Kier alpha value is -1.76. The molecule has 0 saturated heterocycles. The number of nitrogens with one attached hydrogen (secondary N) is 2. The number of carbonyl (C=O) groups excluding carboxylic acids is 2. The lowest BCUT2D eigenvalue weighted by Crippen LogP contribution is -2.44. The van der Waals surface area contributed by atoms with Gasteiger partial charge >= 0.3 is 0 Å². The lowest BCUT2D eigenvalue weighted by molar-refractivity contribution is -0.118. The maximum absolute atomic E-state index is 13.3. The van der Waals surface area contributed by atoms with E-state index in [1.807, 2.05) is 6.26 Å². The van der Waals surface area contributed by atoms with Crippen LogP contribution in [0.15, 0.2) is 42.5 Å². The van der Waals surface area contributed by atoms with Crippen molar-refractivity contribution < 1.29 is 14.0 Å². The van der Waals surface area contributed by atoms with Gasteiger partial charge in [-0.1, -0.05) is 29.3 Å². The Balaban J connectivity index is 2.12. The van der Waals surface area contributed by atoms with Gasteiger partial charge in [0.2, 0.25) is 5.91 Å². The highest BCUT2D eigenvalue weighted by Crippen LogP contribution is 2.21. The first-order valence-corrected chi connectivity index (χ1v) is 9.87. The molecule has 0 saturated carbocycles. The Kier molecular flexibility index (Phi) is 7.75. The van der Waals surface area contributed by atoms with Crippen LogP contribution in [0, 0.1) is 5.82 Å². The molecule has 0 aliphatic carbocycles. The zero-order chi connectivity index (χ0) is 19.1. The summed E-state index contributed by atoms with van der Waals surface area (Å²) < 4.78 is 13.3. The van der Waals surface area contributed by atoms with Crippen LogP contribution in [0.25, 0.3) is 0 Å². The summed E-state index contributed by atoms with van der Waals surface area (Å²) in [7, 11) is 0. The zero-order valence-corrected chi connectivity index (χ0v) is 16.2. The lowest BCUT2D eigenvalue weighted by atomic mass is 10.1. The smallest absolute Gasteiger partial charge is 0.253 e. The molecule has 2 N–H and O–H groups in total. The summed E-state index contributed by atoms with van der Waals surface area (Å²) in [5.41, 5.74) is 0.548. The molecule has 0 heterocycles. The Bertz CT molecular complexity index is 805. The standard InChI is InChI=1S/C18H17Cl2FN2O2S/c1-26-8-7-16(18(25)22-13-4-2-3-12(21)10-13)23-17(24)14-6-5-11(19)9-15(14)20/h2-6,9-10,16H,7-8H2,1H3,(H,22,25)(H,23,24). The Morgan fingerprint density at radius 2 is 1.96 bits per heavy atom. The second kappa shape index (κ2) is 9.80. The Morgan fingerprint density at radius 3 is 2.62 bits per heavy atom. The summed E-state index contributed by atoms with van der Waals surface area (Å²) in [6.07, 6.45) is 2.32. The molecule has 2 amide bonds. The van der Waals surface area contributed by atoms with Gasteiger partial charge in [-0.15, -0.1) is 0 Å². The molecule has 138 valence electrons. The van der Waals surface area contributed by atoms with Gasteiger partial charge in [0.25, 0.3) is 5.91 Å². The van der Waals surface area contributed by atoms with E-state index in [1.54, 1.807) is 23.9 Å². The fourth-order valence-electron chi connectivity index (χ4n) is 2.21. The van der Waals surface area contributed by atoms with Gasteiger partial charge < -0.3 is 10.6 Å². The highest BCUT2D eigenvalue weighted by atomic mass is 35.5. The molecular formula is C18H17Cl2FN2O2S. The molecule has 2 aromatic rings. The predicted octanol–water partition coefficient (Wildman–Crippen LogP) is 4.62. The van der Waals surface area contributed by atoms with E-state index in [9.17, 15) is 14.0 Å². The van der Waals surface area contributed by atoms with Crippen molar-refractivity contribution in [3.63, 3.8) is 0 Å². The monoisotopic (exact) mass is 414 g/mol. The number of hydrogen-bond donors (Lipinski definition) is 2. The average Bonchev–Trinajstić information content (AvgIpc) is 2.58. The first-order valence-electron chi connectivity index (χ1n) is 7.72. The molecule has 1 atom stereocenters. The maximum atomic E-state index is 13.3. The number of thioether (sulfide) groups is 1. The van der Waals surface area contributed by atoms with Crippen LogP contribution in [0.1, 0.15) is 16.8 Å². The van der Waals surface area contributed by atoms with Crippen LogP contribution in [0.2, 0.25) is 10.0 Å². The zero-order valence-electron chi connectivity index (χ0n) is 13.9. The fraction of sp³-hybridized carbons (Fsp3) is 0.222. The molecule has 0 aromatic heterocycles. The van der Waals surface area contributed by atoms with Gasteiger partial charge in [-0.05, 0) is 54.8 Å². The van der Waals surface area contributed by atoms with Crippen molar-refractivity contribution in [1.29, 1.82) is 0 Å². The van der Waals surface area contributed by atoms with Gasteiger partial charge in [0.1, 0.15) is 11.9 Å². The van der Waals surface area contributed by atoms with Crippen LogP contribution < -0.4 is 10.6 Å². The third kappa shape index (κ3) is 5.90. The molecule has 4 nitrogen and oxygen atoms in total. The van der Waals surface area contributed by atoms with E-state index in [4.69, 9.17) is 23.2 Å². The summed E-state index contributed by atoms with van der Waals surface area (Å²) in [6, 6.07) is 9.28. The molecule has 0 bridgehead atoms. The third-order valence-corrected chi connectivity index (χ3v) is 4.69. The van der Waals surface area contributed by atoms with Crippen LogP contribution in [-0.2, 0) is 4.79 Å². The van der Waals surface area contributed by atoms with E-state index in [2.05, 4.69) is 10.6 Å². The van der Waals surface area contributed by atoms with Crippen molar-refractivity contribution in [2.45, 2.75) is 12.5 Å². The molecule has 2 aromatic carbocycles. The van der Waals surface area contributed by atoms with Crippen LogP contribution in [0.3, 0.4) is 0 Å². The van der Waals surface area contributed by atoms with Gasteiger partial charge in [-0.2, -0.15) is 11.8 Å². The van der Waals surface area contributed by atoms with Crippen LogP contribution in [0.5, 0.6) is 0 Å². The molecule has 0 spiro atoms. The first kappa shape index (κ1) is 20.6. The van der Waals surface area contributed by atoms with E-state index in [-0.39, 0.29) is 10.6 Å². The summed E-state index contributed by atoms with van der Waals surface area (Å²) in [6.45, 7) is 0. The number of hydrogen-bond acceptors (Lipinski definition) is 3. The van der Waals surface area contributed by atoms with Crippen molar-refractivity contribution >= 4 is 52.5 Å². The SMILES string of the molecule is CSCCC(NC(=O)c1ccc(Cl)cc1Cl)C(=O)Nc1cccc(F)c1. The quantitative estimate of drug-likeness (QED) is 0.694. The molecule has 26 heavy (non-hydrogen) atoms. The highest BCUT2D eigenvalue weighted by molar-refractivity contribution is 7.98. The molecular weight excluding hydrogens is 398 g/mol. The van der Waals surface area contributed by atoms with E-state index < -0.39 is 23.7 Å². The lowest BCUT2D eigenvalue weighted by Gasteiger charge is -2.18. The van der Waals surface area contributed by atoms with Crippen molar-refractivity contribution in [3.05, 3.63) is 63.9 Å². The summed E-state index contributed by atoms with van der Waals surface area (Å²) in [4.78, 5) is 25.0. The maximum Gasteiger partial charge on any atom is 0.253 e. The van der Waals surface area contributed by atoms with E-state index >= 15 is 0 Å². The van der Waals surface area contributed by atoms with Crippen molar-refractivity contribution in [2.75, 3.05) is 17.3 Å². The van der Waals surface area contributed by atoms with Crippen LogP contribution in [-0.4, -0.2) is 29.9 Å². The number of rotatable bonds is 7. The van der Waals surface area contributed by atoms with E-state index in [0.717, 1.165) is 0 Å². The number of anilines is 1. The molecule has 8 heteroatoms. The topological polar surface area (TPSA) is 58.2 Å². The van der Waals surface area contributed by atoms with Crippen molar-refractivity contribution in [1.82, 2.24) is 5.32 Å². The Labute approximate surface area is 165 Å². The summed E-state index contributed by atoms with van der Waals surface area (Å²) >= 11 is 13.4. The predicted molar refractivity (Wildman–Crippen MR) is 106 cm³/mol.